The second kappa shape index (κ2) is 3.23. The highest BCUT2D eigenvalue weighted by Gasteiger charge is 2.22. The molecule has 5 heteroatoms. The van der Waals surface area contributed by atoms with Gasteiger partial charge in [0.05, 0.1) is 0 Å². The summed E-state index contributed by atoms with van der Waals surface area (Å²) < 4.78 is 4.62. The van der Waals surface area contributed by atoms with Gasteiger partial charge in [0.25, 0.3) is 0 Å². The maximum Gasteiger partial charge on any atom is 0.407 e. The molecule has 0 aliphatic rings. The number of ether oxygens (including phenoxy) is 1. The van der Waals surface area contributed by atoms with Crippen LogP contribution in [0.25, 0.3) is 0 Å². The number of carbonyl (C=O) groups is 2. The van der Waals surface area contributed by atoms with Gasteiger partial charge in [0, 0.05) is 6.92 Å². The molecule has 0 spiro atoms. The van der Waals surface area contributed by atoms with Crippen molar-refractivity contribution in [3.05, 3.63) is 0 Å². The minimum Gasteiger partial charge on any atom is -0.465 e. The van der Waals surface area contributed by atoms with E-state index in [1.165, 1.54) is 20.8 Å². The number of carbonyl (C=O) groups excluding carboxylic acids is 1. The van der Waals surface area contributed by atoms with Crippen molar-refractivity contribution in [3.63, 3.8) is 0 Å². The second-order valence-corrected chi connectivity index (χ2v) is 2.53. The van der Waals surface area contributed by atoms with Crippen LogP contribution in [-0.2, 0) is 9.53 Å². The summed E-state index contributed by atoms with van der Waals surface area (Å²) in [5.41, 5.74) is -1.16. The molecule has 1 amide bonds. The van der Waals surface area contributed by atoms with Crippen LogP contribution < -0.4 is 5.32 Å². The van der Waals surface area contributed by atoms with E-state index in [1.54, 1.807) is 0 Å². The van der Waals surface area contributed by atoms with E-state index in [4.69, 9.17) is 5.11 Å². The lowest BCUT2D eigenvalue weighted by atomic mass is 10.3. The Balaban J connectivity index is 3.99. The number of amides is 1. The Labute approximate surface area is 64.3 Å². The molecule has 0 aromatic rings. The van der Waals surface area contributed by atoms with Gasteiger partial charge in [-0.2, -0.15) is 0 Å². The van der Waals surface area contributed by atoms with Crippen LogP contribution in [-0.4, -0.2) is 22.9 Å². The van der Waals surface area contributed by atoms with E-state index >= 15 is 0 Å². The molecule has 0 heterocycles. The van der Waals surface area contributed by atoms with Crippen molar-refractivity contribution in [1.82, 2.24) is 5.32 Å². The fourth-order valence-corrected chi connectivity index (χ4v) is 0.642. The first-order chi connectivity index (χ1) is 4.83. The summed E-state index contributed by atoms with van der Waals surface area (Å²) in [6.07, 6.45) is -1.23. The Morgan fingerprint density at radius 1 is 1.45 bits per heavy atom. The molecule has 0 unspecified atom stereocenters. The van der Waals surface area contributed by atoms with Crippen molar-refractivity contribution in [3.8, 4) is 0 Å². The van der Waals surface area contributed by atoms with Crippen LogP contribution in [0.4, 0.5) is 4.79 Å². The predicted octanol–water partition coefficient (Wildman–Crippen LogP) is 0.553. The van der Waals surface area contributed by atoms with E-state index < -0.39 is 17.8 Å². The molecule has 5 nitrogen and oxygen atoms in total. The lowest BCUT2D eigenvalue weighted by molar-refractivity contribution is -0.155. The summed E-state index contributed by atoms with van der Waals surface area (Å²) >= 11 is 0. The summed E-state index contributed by atoms with van der Waals surface area (Å²) in [4.78, 5) is 20.5. The van der Waals surface area contributed by atoms with Gasteiger partial charge in [-0.25, -0.2) is 4.79 Å². The van der Waals surface area contributed by atoms with Gasteiger partial charge in [0.15, 0.2) is 5.72 Å². The molecule has 0 saturated carbocycles. The average Bonchev–Trinajstić information content (AvgIpc) is 1.53. The van der Waals surface area contributed by atoms with Crippen molar-refractivity contribution >= 4 is 12.1 Å². The molecule has 64 valence electrons. The van der Waals surface area contributed by atoms with E-state index in [0.717, 1.165) is 0 Å². The van der Waals surface area contributed by atoms with Crippen molar-refractivity contribution < 1.29 is 19.4 Å². The average molecular weight is 161 g/mol. The molecule has 2 N–H and O–H groups in total. The van der Waals surface area contributed by atoms with Crippen LogP contribution in [0.3, 0.4) is 0 Å². The molecular weight excluding hydrogens is 150 g/mol. The van der Waals surface area contributed by atoms with Gasteiger partial charge >= 0.3 is 12.1 Å². The highest BCUT2D eigenvalue weighted by molar-refractivity contribution is 5.68. The van der Waals surface area contributed by atoms with E-state index in [-0.39, 0.29) is 0 Å². The van der Waals surface area contributed by atoms with Gasteiger partial charge in [-0.05, 0) is 13.8 Å². The molecule has 0 atom stereocenters. The van der Waals surface area contributed by atoms with Crippen LogP contribution in [0.15, 0.2) is 0 Å². The summed E-state index contributed by atoms with van der Waals surface area (Å²) in [6.45, 7) is 4.11. The lowest BCUT2D eigenvalue weighted by Gasteiger charge is -2.23. The van der Waals surface area contributed by atoms with Crippen molar-refractivity contribution in [2.75, 3.05) is 0 Å². The van der Waals surface area contributed by atoms with Gasteiger partial charge in [0.1, 0.15) is 0 Å². The number of nitrogens with one attached hydrogen (secondary N) is 1. The molecule has 0 aliphatic heterocycles. The predicted molar refractivity (Wildman–Crippen MR) is 37.0 cm³/mol. The van der Waals surface area contributed by atoms with Gasteiger partial charge in [0.2, 0.25) is 0 Å². The smallest absolute Gasteiger partial charge is 0.407 e. The van der Waals surface area contributed by atoms with Gasteiger partial charge < -0.3 is 9.84 Å². The lowest BCUT2D eigenvalue weighted by Crippen LogP contribution is -2.45. The monoisotopic (exact) mass is 161 g/mol. The minimum absolute atomic E-state index is 0.524. The van der Waals surface area contributed by atoms with Crippen molar-refractivity contribution in [2.45, 2.75) is 26.5 Å². The van der Waals surface area contributed by atoms with Gasteiger partial charge in [-0.3, -0.25) is 10.1 Å². The Kier molecular flexibility index (Phi) is 2.86. The summed E-state index contributed by atoms with van der Waals surface area (Å²) in [5, 5.41) is 10.3. The third-order valence-corrected chi connectivity index (χ3v) is 0.807. The minimum atomic E-state index is -1.23. The topological polar surface area (TPSA) is 75.6 Å². The zero-order valence-electron chi connectivity index (χ0n) is 6.67. The Hall–Kier alpha value is -1.26. The number of carboxylic acid groups (broad SMARTS) is 1. The van der Waals surface area contributed by atoms with Crippen molar-refractivity contribution in [2.24, 2.45) is 0 Å². The molecule has 0 aromatic heterocycles. The summed E-state index contributed by atoms with van der Waals surface area (Å²) in [5.74, 6) is -0.524. The van der Waals surface area contributed by atoms with Crippen LogP contribution in [0, 0.1) is 0 Å². The quantitative estimate of drug-likeness (QED) is 0.458. The van der Waals surface area contributed by atoms with E-state index in [1.807, 2.05) is 5.32 Å². The largest absolute Gasteiger partial charge is 0.465 e. The fourth-order valence-electron chi connectivity index (χ4n) is 0.642. The number of rotatable bonds is 2. The van der Waals surface area contributed by atoms with Crippen LogP contribution in [0.5, 0.6) is 0 Å². The molecular formula is C6H11NO4. The highest BCUT2D eigenvalue weighted by atomic mass is 16.6. The van der Waals surface area contributed by atoms with E-state index in [2.05, 4.69) is 4.74 Å². The van der Waals surface area contributed by atoms with Gasteiger partial charge in [-0.1, -0.05) is 0 Å². The molecule has 0 bridgehead atoms. The Morgan fingerprint density at radius 3 is 2.18 bits per heavy atom. The molecule has 11 heavy (non-hydrogen) atoms. The third-order valence-electron chi connectivity index (χ3n) is 0.807. The van der Waals surface area contributed by atoms with E-state index in [9.17, 15) is 9.59 Å². The molecule has 0 rings (SSSR count). The molecule has 0 aromatic carbocycles. The molecule has 0 radical (unpaired) electrons. The van der Waals surface area contributed by atoms with Crippen LogP contribution in [0.2, 0.25) is 0 Å². The molecule has 0 fully saturated rings. The summed E-state index contributed by atoms with van der Waals surface area (Å²) in [6, 6.07) is 0. The normalized spacial score (nSPS) is 10.5. The van der Waals surface area contributed by atoms with Crippen molar-refractivity contribution in [1.29, 1.82) is 0 Å². The number of hydrogen-bond donors (Lipinski definition) is 2. The van der Waals surface area contributed by atoms with E-state index in [0.29, 0.717) is 0 Å². The van der Waals surface area contributed by atoms with Crippen LogP contribution in [0.1, 0.15) is 20.8 Å². The Morgan fingerprint density at radius 2 is 1.91 bits per heavy atom. The first-order valence-corrected chi connectivity index (χ1v) is 3.04. The van der Waals surface area contributed by atoms with Gasteiger partial charge in [-0.15, -0.1) is 0 Å². The Bertz CT molecular complexity index is 157. The van der Waals surface area contributed by atoms with Crippen LogP contribution >= 0.6 is 0 Å². The molecule has 0 aliphatic carbocycles. The number of esters is 1. The molecule has 0 saturated heterocycles. The maximum atomic E-state index is 10.4. The SMILES string of the molecule is CC(=O)OC(C)(C)NC(=O)O. The zero-order chi connectivity index (χ0) is 9.07. The first kappa shape index (κ1) is 9.74. The first-order valence-electron chi connectivity index (χ1n) is 3.04. The highest BCUT2D eigenvalue weighted by Crippen LogP contribution is 2.03. The number of hydrogen-bond acceptors (Lipinski definition) is 3. The fraction of sp³-hybridized carbons (Fsp3) is 0.667. The summed E-state index contributed by atoms with van der Waals surface area (Å²) in [7, 11) is 0. The second-order valence-electron chi connectivity index (χ2n) is 2.53. The zero-order valence-corrected chi connectivity index (χ0v) is 6.67. The third kappa shape index (κ3) is 5.20. The maximum absolute atomic E-state index is 10.4. The standard InChI is InChI=1S/C6H11NO4/c1-4(8)11-6(2,3)7-5(9)10/h7H,1-3H3,(H,9,10).